The first kappa shape index (κ1) is 14.2. The quantitative estimate of drug-likeness (QED) is 0.871. The van der Waals surface area contributed by atoms with Crippen LogP contribution in [0.25, 0.3) is 0 Å². The minimum Gasteiger partial charge on any atom is -0.347 e. The molecule has 2 atom stereocenters. The summed E-state index contributed by atoms with van der Waals surface area (Å²) in [6, 6.07) is 0.445. The normalized spacial score (nSPS) is 29.1. The summed E-state index contributed by atoms with van der Waals surface area (Å²) in [4.78, 5) is 0. The highest BCUT2D eigenvalue weighted by molar-refractivity contribution is 7.99. The van der Waals surface area contributed by atoms with Crippen LogP contribution in [0.1, 0.15) is 26.2 Å². The molecule has 7 nitrogen and oxygen atoms in total. The summed E-state index contributed by atoms with van der Waals surface area (Å²) in [7, 11) is 1.87. The van der Waals surface area contributed by atoms with Gasteiger partial charge in [-0.05, 0) is 23.4 Å². The zero-order valence-electron chi connectivity index (χ0n) is 11.9. The Bertz CT molecular complexity index is 449. The number of hydrogen-bond donors (Lipinski definition) is 1. The van der Waals surface area contributed by atoms with E-state index in [9.17, 15) is 0 Å². The fraction of sp³-hybridized carbons (Fsp3) is 0.917. The van der Waals surface area contributed by atoms with E-state index in [0.717, 1.165) is 31.0 Å². The molecule has 0 amide bonds. The van der Waals surface area contributed by atoms with Crippen molar-refractivity contribution in [3.63, 3.8) is 0 Å². The van der Waals surface area contributed by atoms with Gasteiger partial charge in [0, 0.05) is 31.2 Å². The van der Waals surface area contributed by atoms with Crippen LogP contribution in [0, 0.1) is 0 Å². The maximum absolute atomic E-state index is 5.87. The van der Waals surface area contributed by atoms with E-state index >= 15 is 0 Å². The predicted molar refractivity (Wildman–Crippen MR) is 74.4 cm³/mol. The zero-order valence-corrected chi connectivity index (χ0v) is 12.7. The van der Waals surface area contributed by atoms with Crippen molar-refractivity contribution in [1.29, 1.82) is 0 Å². The molecule has 2 fully saturated rings. The van der Waals surface area contributed by atoms with Crippen molar-refractivity contribution in [2.75, 3.05) is 19.8 Å². The Morgan fingerprint density at radius 3 is 2.90 bits per heavy atom. The van der Waals surface area contributed by atoms with Crippen LogP contribution in [0.2, 0.25) is 0 Å². The van der Waals surface area contributed by atoms with Gasteiger partial charge in [-0.15, -0.1) is 5.10 Å². The number of tetrazole rings is 1. The summed E-state index contributed by atoms with van der Waals surface area (Å²) in [5, 5.41) is 16.4. The van der Waals surface area contributed by atoms with Crippen LogP contribution in [0.3, 0.4) is 0 Å². The number of aryl methyl sites for hydroxylation is 1. The van der Waals surface area contributed by atoms with Gasteiger partial charge in [0.1, 0.15) is 0 Å². The van der Waals surface area contributed by atoms with Gasteiger partial charge in [-0.2, -0.15) is 0 Å². The molecular formula is C12H21N5O2S. The highest BCUT2D eigenvalue weighted by Gasteiger charge is 2.45. The Morgan fingerprint density at radius 2 is 2.25 bits per heavy atom. The number of nitrogens with zero attached hydrogens (tertiary/aromatic N) is 4. The van der Waals surface area contributed by atoms with Gasteiger partial charge in [0.25, 0.3) is 0 Å². The lowest BCUT2D eigenvalue weighted by molar-refractivity contribution is -0.178. The highest BCUT2D eigenvalue weighted by Crippen LogP contribution is 2.41. The third-order valence-corrected chi connectivity index (χ3v) is 5.27. The molecule has 1 aliphatic heterocycles. The highest BCUT2D eigenvalue weighted by atomic mass is 32.2. The molecule has 112 valence electrons. The number of ether oxygens (including phenoxy) is 2. The first-order chi connectivity index (χ1) is 9.72. The number of thioether (sulfide) groups is 1. The van der Waals surface area contributed by atoms with Crippen LogP contribution in [-0.4, -0.2) is 57.0 Å². The smallest absolute Gasteiger partial charge is 0.209 e. The lowest BCUT2D eigenvalue weighted by atomic mass is 9.89. The molecule has 1 saturated carbocycles. The molecule has 1 spiro atoms. The van der Waals surface area contributed by atoms with Crippen LogP contribution < -0.4 is 5.32 Å². The van der Waals surface area contributed by atoms with Crippen LogP contribution in [0.5, 0.6) is 0 Å². The molecule has 1 aromatic rings. The van der Waals surface area contributed by atoms with E-state index in [0.29, 0.717) is 24.5 Å². The molecule has 1 saturated heterocycles. The Kier molecular flexibility index (Phi) is 4.25. The van der Waals surface area contributed by atoms with Crippen molar-refractivity contribution < 1.29 is 9.47 Å². The molecule has 2 heterocycles. The topological polar surface area (TPSA) is 74.1 Å². The summed E-state index contributed by atoms with van der Waals surface area (Å²) in [6.07, 6.45) is 2.89. The number of nitrogens with one attached hydrogen (secondary N) is 1. The second-order valence-corrected chi connectivity index (χ2v) is 6.46. The van der Waals surface area contributed by atoms with Gasteiger partial charge in [-0.1, -0.05) is 18.7 Å². The summed E-state index contributed by atoms with van der Waals surface area (Å²) in [5.74, 6) is -0.379. The van der Waals surface area contributed by atoms with E-state index in [1.807, 2.05) is 7.05 Å². The van der Waals surface area contributed by atoms with Crippen molar-refractivity contribution >= 4 is 11.8 Å². The summed E-state index contributed by atoms with van der Waals surface area (Å²) in [5.41, 5.74) is 0. The van der Waals surface area contributed by atoms with Crippen LogP contribution in [0.4, 0.5) is 0 Å². The lowest BCUT2D eigenvalue weighted by Gasteiger charge is -2.40. The number of aromatic nitrogens is 4. The van der Waals surface area contributed by atoms with Gasteiger partial charge in [0.05, 0.1) is 13.2 Å². The number of hydrogen-bond acceptors (Lipinski definition) is 7. The molecule has 0 radical (unpaired) electrons. The van der Waals surface area contributed by atoms with E-state index in [1.165, 1.54) is 0 Å². The van der Waals surface area contributed by atoms with E-state index in [2.05, 4.69) is 27.8 Å². The fourth-order valence-corrected chi connectivity index (χ4v) is 4.22. The van der Waals surface area contributed by atoms with Gasteiger partial charge in [0.15, 0.2) is 5.79 Å². The van der Waals surface area contributed by atoms with E-state index in [1.54, 1.807) is 16.4 Å². The lowest BCUT2D eigenvalue weighted by Crippen LogP contribution is -2.49. The van der Waals surface area contributed by atoms with Crippen molar-refractivity contribution in [3.05, 3.63) is 0 Å². The van der Waals surface area contributed by atoms with Crippen molar-refractivity contribution in [1.82, 2.24) is 25.5 Å². The van der Waals surface area contributed by atoms with Crippen LogP contribution in [0.15, 0.2) is 5.16 Å². The van der Waals surface area contributed by atoms with Crippen molar-refractivity contribution in [2.24, 2.45) is 7.05 Å². The van der Waals surface area contributed by atoms with Crippen molar-refractivity contribution in [2.45, 2.75) is 48.4 Å². The standard InChI is InChI=1S/C12H21N5O2S/c1-3-13-9-4-5-12(18-6-7-19-12)8-10(9)20-11-14-15-16-17(11)2/h9-10,13H,3-8H2,1-2H3. The van der Waals surface area contributed by atoms with Crippen LogP contribution in [-0.2, 0) is 16.5 Å². The molecule has 0 aromatic carbocycles. The summed E-state index contributed by atoms with van der Waals surface area (Å²) < 4.78 is 13.4. The molecular weight excluding hydrogens is 278 g/mol. The zero-order chi connectivity index (χ0) is 14.0. The molecule has 3 rings (SSSR count). The monoisotopic (exact) mass is 299 g/mol. The Morgan fingerprint density at radius 1 is 1.45 bits per heavy atom. The summed E-state index contributed by atoms with van der Waals surface area (Å²) in [6.45, 7) is 4.51. The molecule has 2 aliphatic rings. The summed E-state index contributed by atoms with van der Waals surface area (Å²) >= 11 is 1.71. The molecule has 2 unspecified atom stereocenters. The van der Waals surface area contributed by atoms with Gasteiger partial charge in [-0.25, -0.2) is 4.68 Å². The third-order valence-electron chi connectivity index (χ3n) is 3.92. The van der Waals surface area contributed by atoms with Gasteiger partial charge in [0.2, 0.25) is 5.16 Å². The predicted octanol–water partition coefficient (Wildman–Crippen LogP) is 0.576. The van der Waals surface area contributed by atoms with E-state index < -0.39 is 0 Å². The Balaban J connectivity index is 1.73. The van der Waals surface area contributed by atoms with Crippen LogP contribution >= 0.6 is 11.8 Å². The van der Waals surface area contributed by atoms with Gasteiger partial charge in [-0.3, -0.25) is 0 Å². The van der Waals surface area contributed by atoms with E-state index in [-0.39, 0.29) is 5.79 Å². The molecule has 0 bridgehead atoms. The fourth-order valence-electron chi connectivity index (χ4n) is 2.95. The molecule has 1 aromatic heterocycles. The second-order valence-electron chi connectivity index (χ2n) is 5.26. The molecule has 8 heteroatoms. The molecule has 20 heavy (non-hydrogen) atoms. The maximum Gasteiger partial charge on any atom is 0.209 e. The first-order valence-corrected chi connectivity index (χ1v) is 8.01. The van der Waals surface area contributed by atoms with Crippen molar-refractivity contribution in [3.8, 4) is 0 Å². The average Bonchev–Trinajstić information content (AvgIpc) is 3.04. The third kappa shape index (κ3) is 2.83. The maximum atomic E-state index is 5.87. The molecule has 1 N–H and O–H groups in total. The van der Waals surface area contributed by atoms with E-state index in [4.69, 9.17) is 9.47 Å². The van der Waals surface area contributed by atoms with Gasteiger partial charge < -0.3 is 14.8 Å². The average molecular weight is 299 g/mol. The minimum absolute atomic E-state index is 0.353. The Labute approximate surface area is 122 Å². The largest absolute Gasteiger partial charge is 0.347 e. The number of rotatable bonds is 4. The first-order valence-electron chi connectivity index (χ1n) is 7.13. The Hall–Kier alpha value is -0.700. The van der Waals surface area contributed by atoms with Gasteiger partial charge >= 0.3 is 0 Å². The second kappa shape index (κ2) is 5.97. The SMILES string of the molecule is CCNC1CCC2(CC1Sc1nnnn1C)OCCO2. The molecule has 1 aliphatic carbocycles. The minimum atomic E-state index is -0.379.